The lowest BCUT2D eigenvalue weighted by atomic mass is 10.3. The number of carbonyl (C=O) groups is 1. The van der Waals surface area contributed by atoms with Crippen molar-refractivity contribution in [3.8, 4) is 0 Å². The van der Waals surface area contributed by atoms with Crippen LogP contribution in [0.1, 0.15) is 0 Å². The monoisotopic (exact) mass is 214 g/mol. The van der Waals surface area contributed by atoms with Crippen molar-refractivity contribution in [2.45, 2.75) is 12.5 Å². The van der Waals surface area contributed by atoms with E-state index in [4.69, 9.17) is 5.11 Å². The number of rotatable bonds is 4. The van der Waals surface area contributed by atoms with Gasteiger partial charge in [0.1, 0.15) is 0 Å². The number of hydrogen-bond acceptors (Lipinski definition) is 4. The zero-order chi connectivity index (χ0) is 11.4. The van der Waals surface area contributed by atoms with Crippen LogP contribution in [0.25, 0.3) is 0 Å². The molecule has 0 unspecified atom stereocenters. The van der Waals surface area contributed by atoms with Gasteiger partial charge in [-0.3, -0.25) is 4.79 Å². The Labute approximate surface area is 77.9 Å². The SMILES string of the molecule is COC(OC)C(=O)C=C(O)C(F)(F)F. The second-order valence-corrected chi connectivity index (χ2v) is 2.23. The fourth-order valence-electron chi connectivity index (χ4n) is 0.613. The Kier molecular flexibility index (Phi) is 4.58. The number of allylic oxidation sites excluding steroid dienone is 1. The molecule has 0 aliphatic heterocycles. The fraction of sp³-hybridized carbons (Fsp3) is 0.571. The molecular weight excluding hydrogens is 205 g/mol. The van der Waals surface area contributed by atoms with Gasteiger partial charge in [-0.15, -0.1) is 0 Å². The number of aliphatic hydroxyl groups excluding tert-OH is 1. The first-order valence-electron chi connectivity index (χ1n) is 3.40. The first-order chi connectivity index (χ1) is 6.32. The summed E-state index contributed by atoms with van der Waals surface area (Å²) in [6, 6.07) is 0. The summed E-state index contributed by atoms with van der Waals surface area (Å²) in [6.07, 6.45) is -6.38. The van der Waals surface area contributed by atoms with Crippen LogP contribution in [0, 0.1) is 0 Å². The smallest absolute Gasteiger partial charge is 0.448 e. The van der Waals surface area contributed by atoms with Gasteiger partial charge in [0.2, 0.25) is 17.8 Å². The van der Waals surface area contributed by atoms with Gasteiger partial charge in [0.05, 0.1) is 0 Å². The predicted molar refractivity (Wildman–Crippen MR) is 39.6 cm³/mol. The molecule has 1 N–H and O–H groups in total. The molecule has 0 bridgehead atoms. The van der Waals surface area contributed by atoms with E-state index in [2.05, 4.69) is 9.47 Å². The Balaban J connectivity index is 4.58. The Hall–Kier alpha value is -1.08. The molecule has 0 aliphatic carbocycles. The average Bonchev–Trinajstić information content (AvgIpc) is 2.04. The maximum Gasteiger partial charge on any atom is 0.448 e. The van der Waals surface area contributed by atoms with Gasteiger partial charge in [-0.2, -0.15) is 13.2 Å². The number of halogens is 3. The molecule has 0 heterocycles. The van der Waals surface area contributed by atoms with Crippen molar-refractivity contribution in [3.63, 3.8) is 0 Å². The summed E-state index contributed by atoms with van der Waals surface area (Å²) >= 11 is 0. The molecule has 0 saturated carbocycles. The number of ketones is 1. The van der Waals surface area contributed by atoms with Crippen molar-refractivity contribution in [3.05, 3.63) is 11.8 Å². The van der Waals surface area contributed by atoms with Crippen LogP contribution < -0.4 is 0 Å². The minimum atomic E-state index is -4.94. The molecule has 0 rings (SSSR count). The Morgan fingerprint density at radius 3 is 2.07 bits per heavy atom. The Morgan fingerprint density at radius 2 is 1.79 bits per heavy atom. The van der Waals surface area contributed by atoms with E-state index in [0.717, 1.165) is 14.2 Å². The van der Waals surface area contributed by atoms with Gasteiger partial charge in [0, 0.05) is 20.3 Å². The zero-order valence-corrected chi connectivity index (χ0v) is 7.46. The van der Waals surface area contributed by atoms with Gasteiger partial charge in [-0.1, -0.05) is 0 Å². The molecule has 4 nitrogen and oxygen atoms in total. The van der Waals surface area contributed by atoms with E-state index in [1.165, 1.54) is 0 Å². The summed E-state index contributed by atoms with van der Waals surface area (Å²) < 4.78 is 43.9. The van der Waals surface area contributed by atoms with Crippen LogP contribution in [0.5, 0.6) is 0 Å². The van der Waals surface area contributed by atoms with E-state index in [-0.39, 0.29) is 6.08 Å². The lowest BCUT2D eigenvalue weighted by Crippen LogP contribution is -2.25. The van der Waals surface area contributed by atoms with Gasteiger partial charge in [0.15, 0.2) is 0 Å². The van der Waals surface area contributed by atoms with Crippen molar-refractivity contribution in [1.82, 2.24) is 0 Å². The van der Waals surface area contributed by atoms with Crippen LogP contribution in [0.15, 0.2) is 11.8 Å². The number of ether oxygens (including phenoxy) is 2. The minimum absolute atomic E-state index is 0.0116. The molecule has 0 radical (unpaired) electrons. The average molecular weight is 214 g/mol. The molecule has 0 aliphatic rings. The highest BCUT2D eigenvalue weighted by atomic mass is 19.4. The standard InChI is InChI=1S/C7H9F3O4/c1-13-6(14-2)4(11)3-5(12)7(8,9)10/h3,6,12H,1-2H3. The molecular formula is C7H9F3O4. The van der Waals surface area contributed by atoms with Crippen LogP contribution in [0.2, 0.25) is 0 Å². The minimum Gasteiger partial charge on any atom is -0.504 e. The highest BCUT2D eigenvalue weighted by Gasteiger charge is 2.35. The van der Waals surface area contributed by atoms with Gasteiger partial charge in [-0.05, 0) is 0 Å². The van der Waals surface area contributed by atoms with Crippen LogP contribution in [-0.2, 0) is 14.3 Å². The molecule has 0 aromatic rings. The van der Waals surface area contributed by atoms with E-state index in [1.54, 1.807) is 0 Å². The lowest BCUT2D eigenvalue weighted by Gasteiger charge is -2.10. The number of hydrogen-bond donors (Lipinski definition) is 1. The van der Waals surface area contributed by atoms with E-state index >= 15 is 0 Å². The van der Waals surface area contributed by atoms with Crippen molar-refractivity contribution in [2.75, 3.05) is 14.2 Å². The molecule has 7 heteroatoms. The topological polar surface area (TPSA) is 55.8 Å². The molecule has 0 fully saturated rings. The molecule has 0 saturated heterocycles. The van der Waals surface area contributed by atoms with Crippen LogP contribution >= 0.6 is 0 Å². The third-order valence-electron chi connectivity index (χ3n) is 1.23. The van der Waals surface area contributed by atoms with Gasteiger partial charge in [-0.25, -0.2) is 0 Å². The summed E-state index contributed by atoms with van der Waals surface area (Å²) in [7, 11) is 2.18. The second-order valence-electron chi connectivity index (χ2n) is 2.23. The Bertz CT molecular complexity index is 230. The predicted octanol–water partition coefficient (Wildman–Crippen LogP) is 1.18. The molecule has 0 atom stereocenters. The van der Waals surface area contributed by atoms with Crippen molar-refractivity contribution in [2.24, 2.45) is 0 Å². The first-order valence-corrected chi connectivity index (χ1v) is 3.40. The van der Waals surface area contributed by atoms with Gasteiger partial charge in [0.25, 0.3) is 0 Å². The largest absolute Gasteiger partial charge is 0.504 e. The van der Waals surface area contributed by atoms with E-state index in [9.17, 15) is 18.0 Å². The maximum atomic E-state index is 11.7. The highest BCUT2D eigenvalue weighted by molar-refractivity contribution is 5.92. The normalized spacial score (nSPS) is 13.4. The fourth-order valence-corrected chi connectivity index (χ4v) is 0.613. The Morgan fingerprint density at radius 1 is 1.36 bits per heavy atom. The quantitative estimate of drug-likeness (QED) is 0.433. The van der Waals surface area contributed by atoms with Crippen LogP contribution in [0.4, 0.5) is 13.2 Å². The molecule has 0 amide bonds. The third-order valence-corrected chi connectivity index (χ3v) is 1.23. The maximum absolute atomic E-state index is 11.7. The molecule has 0 aromatic heterocycles. The summed E-state index contributed by atoms with van der Waals surface area (Å²) in [5.74, 6) is -3.11. The molecule has 14 heavy (non-hydrogen) atoms. The highest BCUT2D eigenvalue weighted by Crippen LogP contribution is 2.23. The number of methoxy groups -OCH3 is 2. The zero-order valence-electron chi connectivity index (χ0n) is 7.46. The summed E-state index contributed by atoms with van der Waals surface area (Å²) in [5.41, 5.74) is 0. The third kappa shape index (κ3) is 3.75. The number of alkyl halides is 3. The number of aliphatic hydroxyl groups is 1. The van der Waals surface area contributed by atoms with Crippen LogP contribution in [0.3, 0.4) is 0 Å². The van der Waals surface area contributed by atoms with Crippen molar-refractivity contribution >= 4 is 5.78 Å². The van der Waals surface area contributed by atoms with Crippen LogP contribution in [-0.4, -0.2) is 37.6 Å². The second kappa shape index (κ2) is 4.97. The lowest BCUT2D eigenvalue weighted by molar-refractivity contribution is -0.153. The molecule has 82 valence electrons. The van der Waals surface area contributed by atoms with E-state index in [0.29, 0.717) is 0 Å². The molecule has 0 aromatic carbocycles. The van der Waals surface area contributed by atoms with Crippen molar-refractivity contribution < 1.29 is 32.5 Å². The summed E-state index contributed by atoms with van der Waals surface area (Å²) in [6.45, 7) is 0. The summed E-state index contributed by atoms with van der Waals surface area (Å²) in [4.78, 5) is 10.9. The number of carbonyl (C=O) groups excluding carboxylic acids is 1. The summed E-state index contributed by atoms with van der Waals surface area (Å²) in [5, 5.41) is 8.40. The first kappa shape index (κ1) is 12.9. The van der Waals surface area contributed by atoms with Gasteiger partial charge >= 0.3 is 6.18 Å². The molecule has 0 spiro atoms. The van der Waals surface area contributed by atoms with Crippen molar-refractivity contribution in [1.29, 1.82) is 0 Å². The van der Waals surface area contributed by atoms with Gasteiger partial charge < -0.3 is 14.6 Å². The van der Waals surface area contributed by atoms with E-state index in [1.807, 2.05) is 0 Å². The van der Waals surface area contributed by atoms with E-state index < -0.39 is 24.0 Å².